The number of rotatable bonds is 5. The molecule has 0 spiro atoms. The molecule has 0 aliphatic rings. The number of aromatic hydroxyl groups is 1. The van der Waals surface area contributed by atoms with Crippen LogP contribution in [0.2, 0.25) is 0 Å². The van der Waals surface area contributed by atoms with E-state index in [4.69, 9.17) is 11.2 Å². The van der Waals surface area contributed by atoms with Crippen LogP contribution in [0.25, 0.3) is 17.0 Å². The summed E-state index contributed by atoms with van der Waals surface area (Å²) in [6.07, 6.45) is 9.14. The Morgan fingerprint density at radius 2 is 2.15 bits per heavy atom. The standard InChI is InChI=1S/C21H18N2O3/c1-3-13-26-19-11-9-15(14-16(19)4-2)10-12-20(24)23-18-8-6-5-7-17(18)21(25)22-23/h1,5-12,14H,4,13H2,2H3,(H,22,25)/b12-10+. The fourth-order valence-corrected chi connectivity index (χ4v) is 2.70. The molecule has 5 nitrogen and oxygen atoms in total. The number of nitrogens with zero attached hydrogens (tertiary/aromatic N) is 2. The molecule has 26 heavy (non-hydrogen) atoms. The molecule has 3 rings (SSSR count). The van der Waals surface area contributed by atoms with E-state index in [1.807, 2.05) is 25.1 Å². The van der Waals surface area contributed by atoms with Crippen molar-refractivity contribution < 1.29 is 14.6 Å². The quantitative estimate of drug-likeness (QED) is 0.565. The molecule has 130 valence electrons. The van der Waals surface area contributed by atoms with Crippen LogP contribution < -0.4 is 4.74 Å². The largest absolute Gasteiger partial charge is 0.492 e. The van der Waals surface area contributed by atoms with Crippen LogP contribution in [0, 0.1) is 12.3 Å². The number of ether oxygens (including phenoxy) is 1. The van der Waals surface area contributed by atoms with Crippen molar-refractivity contribution in [1.29, 1.82) is 0 Å². The Morgan fingerprint density at radius 3 is 2.92 bits per heavy atom. The van der Waals surface area contributed by atoms with Crippen molar-refractivity contribution in [3.05, 3.63) is 59.7 Å². The molecule has 0 saturated carbocycles. The minimum Gasteiger partial charge on any atom is -0.492 e. The van der Waals surface area contributed by atoms with Crippen molar-refractivity contribution >= 4 is 22.9 Å². The number of para-hydroxylation sites is 1. The number of hydrogen-bond donors (Lipinski definition) is 1. The zero-order chi connectivity index (χ0) is 18.5. The van der Waals surface area contributed by atoms with Gasteiger partial charge in [0.1, 0.15) is 12.4 Å². The number of aryl methyl sites for hydroxylation is 1. The van der Waals surface area contributed by atoms with Gasteiger partial charge in [0.15, 0.2) is 0 Å². The van der Waals surface area contributed by atoms with Crippen LogP contribution >= 0.6 is 0 Å². The molecule has 0 fully saturated rings. The van der Waals surface area contributed by atoms with E-state index in [9.17, 15) is 9.90 Å². The van der Waals surface area contributed by atoms with Gasteiger partial charge in [0.05, 0.1) is 10.9 Å². The van der Waals surface area contributed by atoms with Crippen molar-refractivity contribution in [1.82, 2.24) is 9.78 Å². The van der Waals surface area contributed by atoms with E-state index >= 15 is 0 Å². The molecule has 0 unspecified atom stereocenters. The summed E-state index contributed by atoms with van der Waals surface area (Å²) in [7, 11) is 0. The lowest BCUT2D eigenvalue weighted by Gasteiger charge is -2.09. The summed E-state index contributed by atoms with van der Waals surface area (Å²) in [6.45, 7) is 2.24. The van der Waals surface area contributed by atoms with Gasteiger partial charge < -0.3 is 9.84 Å². The van der Waals surface area contributed by atoms with Gasteiger partial charge in [-0.25, -0.2) is 0 Å². The van der Waals surface area contributed by atoms with E-state index in [1.165, 1.54) is 10.8 Å². The third kappa shape index (κ3) is 3.45. The molecular formula is C21H18N2O3. The highest BCUT2D eigenvalue weighted by Crippen LogP contribution is 2.24. The Balaban J connectivity index is 1.85. The Hall–Kier alpha value is -3.52. The predicted octanol–water partition coefficient (Wildman–Crippen LogP) is 3.67. The average molecular weight is 346 g/mol. The molecule has 1 N–H and O–H groups in total. The van der Waals surface area contributed by atoms with Gasteiger partial charge in [-0.2, -0.15) is 4.68 Å². The minimum atomic E-state index is -0.341. The van der Waals surface area contributed by atoms with E-state index in [0.29, 0.717) is 10.9 Å². The van der Waals surface area contributed by atoms with Crippen molar-refractivity contribution in [3.63, 3.8) is 0 Å². The van der Waals surface area contributed by atoms with Crippen LogP contribution in [-0.4, -0.2) is 27.4 Å². The fraction of sp³-hybridized carbons (Fsp3) is 0.143. The van der Waals surface area contributed by atoms with Crippen LogP contribution in [0.1, 0.15) is 22.8 Å². The normalized spacial score (nSPS) is 10.9. The first kappa shape index (κ1) is 17.3. The average Bonchev–Trinajstić information content (AvgIpc) is 3.02. The number of benzene rings is 2. The highest BCUT2D eigenvalue weighted by Gasteiger charge is 2.12. The molecule has 0 saturated heterocycles. The zero-order valence-corrected chi connectivity index (χ0v) is 14.3. The number of carbonyl (C=O) groups is 1. The highest BCUT2D eigenvalue weighted by molar-refractivity contribution is 6.00. The third-order valence-corrected chi connectivity index (χ3v) is 3.97. The summed E-state index contributed by atoms with van der Waals surface area (Å²) < 4.78 is 6.70. The van der Waals surface area contributed by atoms with E-state index in [0.717, 1.165) is 23.3 Å². The van der Waals surface area contributed by atoms with Crippen LogP contribution in [0.4, 0.5) is 0 Å². The minimum absolute atomic E-state index is 0.161. The molecule has 0 radical (unpaired) electrons. The van der Waals surface area contributed by atoms with Crippen molar-refractivity contribution in [3.8, 4) is 24.0 Å². The Kier molecular flexibility index (Phi) is 5.04. The number of carbonyl (C=O) groups excluding carboxylic acids is 1. The van der Waals surface area contributed by atoms with Gasteiger partial charge in [-0.15, -0.1) is 11.5 Å². The summed E-state index contributed by atoms with van der Waals surface area (Å²) in [4.78, 5) is 12.5. The van der Waals surface area contributed by atoms with Gasteiger partial charge in [-0.3, -0.25) is 4.79 Å². The third-order valence-electron chi connectivity index (χ3n) is 3.97. The Morgan fingerprint density at radius 1 is 1.35 bits per heavy atom. The molecule has 0 amide bonds. The maximum atomic E-state index is 12.5. The van der Waals surface area contributed by atoms with Crippen molar-refractivity contribution in [2.45, 2.75) is 13.3 Å². The lowest BCUT2D eigenvalue weighted by atomic mass is 10.1. The monoisotopic (exact) mass is 346 g/mol. The number of terminal acetylenes is 1. The van der Waals surface area contributed by atoms with Crippen LogP contribution in [-0.2, 0) is 6.42 Å². The van der Waals surface area contributed by atoms with E-state index in [-0.39, 0.29) is 18.4 Å². The van der Waals surface area contributed by atoms with Gasteiger partial charge in [-0.1, -0.05) is 31.0 Å². The first-order chi connectivity index (χ1) is 12.6. The van der Waals surface area contributed by atoms with Gasteiger partial charge in [-0.05, 0) is 47.9 Å². The number of aromatic nitrogens is 2. The summed E-state index contributed by atoms with van der Waals surface area (Å²) in [5.74, 6) is 2.69. The summed E-state index contributed by atoms with van der Waals surface area (Å²) in [6, 6.07) is 12.7. The maximum absolute atomic E-state index is 12.5. The molecule has 0 aliphatic heterocycles. The molecular weight excluding hydrogens is 328 g/mol. The van der Waals surface area contributed by atoms with Crippen LogP contribution in [0.15, 0.2) is 48.5 Å². The van der Waals surface area contributed by atoms with E-state index < -0.39 is 0 Å². The van der Waals surface area contributed by atoms with Crippen molar-refractivity contribution in [2.75, 3.05) is 6.61 Å². The van der Waals surface area contributed by atoms with E-state index in [1.54, 1.807) is 30.3 Å². The van der Waals surface area contributed by atoms with Gasteiger partial charge >= 0.3 is 0 Å². The van der Waals surface area contributed by atoms with Crippen molar-refractivity contribution in [2.24, 2.45) is 0 Å². The molecule has 0 aliphatic carbocycles. The topological polar surface area (TPSA) is 64.4 Å². The second-order valence-corrected chi connectivity index (χ2v) is 5.64. The second kappa shape index (κ2) is 7.58. The molecule has 0 atom stereocenters. The summed E-state index contributed by atoms with van der Waals surface area (Å²) in [5, 5.41) is 14.3. The molecule has 2 aromatic carbocycles. The second-order valence-electron chi connectivity index (χ2n) is 5.64. The van der Waals surface area contributed by atoms with Crippen LogP contribution in [0.3, 0.4) is 0 Å². The number of allylic oxidation sites excluding steroid dienone is 1. The summed E-state index contributed by atoms with van der Waals surface area (Å²) in [5.41, 5.74) is 2.44. The molecule has 1 heterocycles. The first-order valence-electron chi connectivity index (χ1n) is 8.22. The fourth-order valence-electron chi connectivity index (χ4n) is 2.70. The van der Waals surface area contributed by atoms with E-state index in [2.05, 4.69) is 11.0 Å². The van der Waals surface area contributed by atoms with Crippen LogP contribution in [0.5, 0.6) is 11.6 Å². The van der Waals surface area contributed by atoms with Gasteiger partial charge in [0, 0.05) is 6.08 Å². The lowest BCUT2D eigenvalue weighted by Crippen LogP contribution is -2.08. The SMILES string of the molecule is C#CCOc1ccc(/C=C/C(=O)n2nc(O)c3ccccc32)cc1CC. The molecule has 1 aromatic heterocycles. The molecule has 3 aromatic rings. The maximum Gasteiger partial charge on any atom is 0.271 e. The van der Waals surface area contributed by atoms with Gasteiger partial charge in [0.25, 0.3) is 5.91 Å². The Bertz CT molecular complexity index is 1030. The Labute approximate surface area is 151 Å². The molecule has 5 heteroatoms. The number of hydrogen-bond acceptors (Lipinski definition) is 4. The summed E-state index contributed by atoms with van der Waals surface area (Å²) >= 11 is 0. The first-order valence-corrected chi connectivity index (χ1v) is 8.22. The smallest absolute Gasteiger partial charge is 0.271 e. The molecule has 0 bridgehead atoms. The predicted molar refractivity (Wildman–Crippen MR) is 101 cm³/mol. The number of fused-ring (bicyclic) bond motifs is 1. The lowest BCUT2D eigenvalue weighted by molar-refractivity contribution is 0.0958. The zero-order valence-electron chi connectivity index (χ0n) is 14.3. The highest BCUT2D eigenvalue weighted by atomic mass is 16.5. The van der Waals surface area contributed by atoms with Gasteiger partial charge in [0.2, 0.25) is 5.88 Å².